The molecule has 1 amide bonds. The van der Waals surface area contributed by atoms with Crippen molar-refractivity contribution in [1.82, 2.24) is 24.5 Å². The molecule has 0 unspecified atom stereocenters. The zero-order valence-corrected chi connectivity index (χ0v) is 16.5. The lowest BCUT2D eigenvalue weighted by molar-refractivity contribution is -0.133. The van der Waals surface area contributed by atoms with Crippen molar-refractivity contribution in [1.29, 1.82) is 5.26 Å². The van der Waals surface area contributed by atoms with Crippen molar-refractivity contribution in [2.24, 2.45) is 0 Å². The number of fused-ring (bicyclic) bond motifs is 1. The summed E-state index contributed by atoms with van der Waals surface area (Å²) in [4.78, 5) is 23.4. The van der Waals surface area contributed by atoms with Gasteiger partial charge in [0.15, 0.2) is 0 Å². The third-order valence-corrected chi connectivity index (χ3v) is 6.03. The highest BCUT2D eigenvalue weighted by Crippen LogP contribution is 2.34. The van der Waals surface area contributed by atoms with E-state index in [2.05, 4.69) is 21.1 Å². The van der Waals surface area contributed by atoms with Crippen LogP contribution in [0.3, 0.4) is 0 Å². The maximum atomic E-state index is 12.9. The van der Waals surface area contributed by atoms with Crippen molar-refractivity contribution in [2.45, 2.75) is 68.8 Å². The molecule has 8 heteroatoms. The van der Waals surface area contributed by atoms with E-state index in [-0.39, 0.29) is 11.2 Å². The van der Waals surface area contributed by atoms with Gasteiger partial charge in [0.25, 0.3) is 5.78 Å². The number of hydrogen-bond acceptors (Lipinski definition) is 6. The second-order valence-corrected chi connectivity index (χ2v) is 8.31. The second kappa shape index (κ2) is 7.23. The van der Waals surface area contributed by atoms with Gasteiger partial charge in [0.2, 0.25) is 11.1 Å². The third-order valence-electron chi connectivity index (χ3n) is 5.09. The highest BCUT2D eigenvalue weighted by molar-refractivity contribution is 8.00. The van der Waals surface area contributed by atoms with Crippen LogP contribution in [0.4, 0.5) is 0 Å². The Labute approximate surface area is 157 Å². The molecule has 7 nitrogen and oxygen atoms in total. The van der Waals surface area contributed by atoms with Gasteiger partial charge in [-0.15, -0.1) is 5.10 Å². The summed E-state index contributed by atoms with van der Waals surface area (Å²) < 4.78 is 1.69. The summed E-state index contributed by atoms with van der Waals surface area (Å²) in [5, 5.41) is 14.3. The third kappa shape index (κ3) is 3.40. The first kappa shape index (κ1) is 18.6. The topological polar surface area (TPSA) is 87.2 Å². The van der Waals surface area contributed by atoms with E-state index in [9.17, 15) is 10.1 Å². The minimum Gasteiger partial charge on any atom is -0.326 e. The van der Waals surface area contributed by atoms with Crippen LogP contribution in [0.15, 0.2) is 11.2 Å². The lowest BCUT2D eigenvalue weighted by Gasteiger charge is -2.39. The molecule has 2 aromatic rings. The van der Waals surface area contributed by atoms with E-state index in [4.69, 9.17) is 0 Å². The summed E-state index contributed by atoms with van der Waals surface area (Å²) in [6.45, 7) is 5.71. The summed E-state index contributed by atoms with van der Waals surface area (Å²) in [7, 11) is 1.75. The van der Waals surface area contributed by atoms with Crippen LogP contribution < -0.4 is 0 Å². The second-order valence-electron chi connectivity index (χ2n) is 7.01. The fourth-order valence-electron chi connectivity index (χ4n) is 3.55. The van der Waals surface area contributed by atoms with Crippen LogP contribution in [0, 0.1) is 25.2 Å². The number of carbonyl (C=O) groups is 1. The van der Waals surface area contributed by atoms with E-state index in [1.807, 2.05) is 26.8 Å². The summed E-state index contributed by atoms with van der Waals surface area (Å²) in [5.74, 6) is 0.483. The van der Waals surface area contributed by atoms with Gasteiger partial charge in [-0.2, -0.15) is 10.2 Å². The van der Waals surface area contributed by atoms with Gasteiger partial charge < -0.3 is 4.90 Å². The molecule has 0 bridgehead atoms. The van der Waals surface area contributed by atoms with Gasteiger partial charge in [-0.25, -0.2) is 9.50 Å². The highest BCUT2D eigenvalue weighted by Gasteiger charge is 2.40. The van der Waals surface area contributed by atoms with Gasteiger partial charge in [0, 0.05) is 18.4 Å². The molecule has 2 heterocycles. The molecule has 3 rings (SSSR count). The van der Waals surface area contributed by atoms with Crippen molar-refractivity contribution < 1.29 is 4.79 Å². The smallest absolute Gasteiger partial charge is 0.253 e. The molecule has 1 atom stereocenters. The first-order chi connectivity index (χ1) is 12.4. The van der Waals surface area contributed by atoms with Crippen LogP contribution in [-0.4, -0.2) is 48.2 Å². The Balaban J connectivity index is 1.77. The Bertz CT molecular complexity index is 864. The number of nitrogens with zero attached hydrogens (tertiary/aromatic N) is 6. The van der Waals surface area contributed by atoms with E-state index in [0.717, 1.165) is 43.5 Å². The van der Waals surface area contributed by atoms with Crippen molar-refractivity contribution in [3.05, 3.63) is 17.5 Å². The number of hydrogen-bond donors (Lipinski definition) is 0. The Hall–Kier alpha value is -2.14. The normalized spacial score (nSPS) is 17.7. The molecule has 0 saturated heterocycles. The quantitative estimate of drug-likeness (QED) is 0.767. The molecular formula is C18H24N6OS. The number of amides is 1. The largest absolute Gasteiger partial charge is 0.326 e. The van der Waals surface area contributed by atoms with Crippen molar-refractivity contribution >= 4 is 23.4 Å². The van der Waals surface area contributed by atoms with Crippen LogP contribution in [0.1, 0.15) is 50.4 Å². The van der Waals surface area contributed by atoms with E-state index in [1.165, 1.54) is 11.8 Å². The number of thioether (sulfide) groups is 1. The minimum absolute atomic E-state index is 0.0573. The van der Waals surface area contributed by atoms with Crippen LogP contribution in [0.25, 0.3) is 5.78 Å². The average Bonchev–Trinajstić information content (AvgIpc) is 3.03. The van der Waals surface area contributed by atoms with Crippen LogP contribution >= 0.6 is 11.8 Å². The molecule has 0 aliphatic heterocycles. The predicted molar refractivity (Wildman–Crippen MR) is 99.8 cm³/mol. The molecule has 1 fully saturated rings. The lowest BCUT2D eigenvalue weighted by atomic mass is 9.81. The van der Waals surface area contributed by atoms with Gasteiger partial charge in [-0.1, -0.05) is 31.0 Å². The predicted octanol–water partition coefficient (Wildman–Crippen LogP) is 2.91. The Morgan fingerprint density at radius 1 is 1.35 bits per heavy atom. The summed E-state index contributed by atoms with van der Waals surface area (Å²) >= 11 is 1.31. The van der Waals surface area contributed by atoms with Crippen LogP contribution in [0.2, 0.25) is 0 Å². The molecule has 2 aromatic heterocycles. The molecule has 0 radical (unpaired) electrons. The molecule has 0 aromatic carbocycles. The molecule has 1 aliphatic carbocycles. The molecule has 0 N–H and O–H groups in total. The summed E-state index contributed by atoms with van der Waals surface area (Å²) in [5.41, 5.74) is 1.16. The number of aryl methyl sites for hydroxylation is 2. The molecule has 1 aliphatic rings. The maximum Gasteiger partial charge on any atom is 0.253 e. The van der Waals surface area contributed by atoms with Gasteiger partial charge >= 0.3 is 0 Å². The number of rotatable bonds is 4. The molecule has 138 valence electrons. The van der Waals surface area contributed by atoms with Gasteiger partial charge in [0.1, 0.15) is 5.54 Å². The Morgan fingerprint density at radius 3 is 2.69 bits per heavy atom. The van der Waals surface area contributed by atoms with Crippen LogP contribution in [0.5, 0.6) is 0 Å². The van der Waals surface area contributed by atoms with Crippen molar-refractivity contribution in [3.8, 4) is 6.07 Å². The molecule has 0 spiro atoms. The van der Waals surface area contributed by atoms with Crippen molar-refractivity contribution in [2.75, 3.05) is 7.05 Å². The molecular weight excluding hydrogens is 348 g/mol. The average molecular weight is 372 g/mol. The summed E-state index contributed by atoms with van der Waals surface area (Å²) in [6, 6.07) is 4.35. The standard InChI is InChI=1S/C18H24N6OS/c1-12-10-13(2)24-16(20-12)21-17(22-24)26-14(3)15(25)23(4)18(11-19)8-6-5-7-9-18/h10,14H,5-9H2,1-4H3/t14-/m0/s1. The monoisotopic (exact) mass is 372 g/mol. The van der Waals surface area contributed by atoms with Gasteiger partial charge in [0.05, 0.1) is 11.3 Å². The zero-order valence-electron chi connectivity index (χ0n) is 15.7. The van der Waals surface area contributed by atoms with Gasteiger partial charge in [-0.05, 0) is 39.7 Å². The minimum atomic E-state index is -0.675. The number of carbonyl (C=O) groups excluding carboxylic acids is 1. The lowest BCUT2D eigenvalue weighted by Crippen LogP contribution is -2.52. The fourth-order valence-corrected chi connectivity index (χ4v) is 4.39. The Kier molecular flexibility index (Phi) is 5.19. The van der Waals surface area contributed by atoms with E-state index < -0.39 is 5.54 Å². The number of aromatic nitrogens is 4. The first-order valence-corrected chi connectivity index (χ1v) is 9.81. The van der Waals surface area contributed by atoms with Gasteiger partial charge in [-0.3, -0.25) is 4.79 Å². The fraction of sp³-hybridized carbons (Fsp3) is 0.611. The Morgan fingerprint density at radius 2 is 2.04 bits per heavy atom. The zero-order chi connectivity index (χ0) is 18.9. The highest BCUT2D eigenvalue weighted by atomic mass is 32.2. The summed E-state index contributed by atoms with van der Waals surface area (Å²) in [6.07, 6.45) is 4.61. The molecule has 1 saturated carbocycles. The van der Waals surface area contributed by atoms with Crippen LogP contribution in [-0.2, 0) is 4.79 Å². The van der Waals surface area contributed by atoms with E-state index >= 15 is 0 Å². The SMILES string of the molecule is Cc1cc(C)n2nc(S[C@@H](C)C(=O)N(C)C3(C#N)CCCCC3)nc2n1. The molecule has 26 heavy (non-hydrogen) atoms. The van der Waals surface area contributed by atoms with E-state index in [1.54, 1.807) is 16.5 Å². The maximum absolute atomic E-state index is 12.9. The van der Waals surface area contributed by atoms with Crippen molar-refractivity contribution in [3.63, 3.8) is 0 Å². The first-order valence-electron chi connectivity index (χ1n) is 8.93. The number of nitriles is 1. The van der Waals surface area contributed by atoms with E-state index in [0.29, 0.717) is 10.9 Å².